The van der Waals surface area contributed by atoms with E-state index in [0.717, 1.165) is 11.4 Å². The summed E-state index contributed by atoms with van der Waals surface area (Å²) in [4.78, 5) is 0. The van der Waals surface area contributed by atoms with E-state index in [2.05, 4.69) is 103 Å². The second kappa shape index (κ2) is 6.13. The Morgan fingerprint density at radius 1 is 0.893 bits per heavy atom. The highest BCUT2D eigenvalue weighted by atomic mass is 15.4. The summed E-state index contributed by atoms with van der Waals surface area (Å²) in [7, 11) is 0. The Hall–Kier alpha value is -3.27. The van der Waals surface area contributed by atoms with Crippen LogP contribution in [0.4, 0.5) is 5.69 Å². The van der Waals surface area contributed by atoms with Crippen LogP contribution in [0.15, 0.2) is 60.7 Å². The summed E-state index contributed by atoms with van der Waals surface area (Å²) in [6.07, 6.45) is -0.0254. The van der Waals surface area contributed by atoms with Crippen LogP contribution in [0.1, 0.15) is 34.4 Å². The van der Waals surface area contributed by atoms with Crippen LogP contribution >= 0.6 is 0 Å². The number of nitrogens with zero attached hydrogens (tertiary/aromatic N) is 3. The zero-order chi connectivity index (χ0) is 19.4. The lowest BCUT2D eigenvalue weighted by molar-refractivity contribution is 0.568. The van der Waals surface area contributed by atoms with E-state index in [9.17, 15) is 0 Å². The fraction of sp³-hybridized carbons (Fsp3) is 0.208. The summed E-state index contributed by atoms with van der Waals surface area (Å²) in [6.45, 7) is 8.55. The molecule has 1 aliphatic heterocycles. The lowest BCUT2D eigenvalue weighted by atomic mass is 10.0. The lowest BCUT2D eigenvalue weighted by Crippen LogP contribution is -2.26. The Balaban J connectivity index is 1.68. The number of nitrogens with one attached hydrogen (secondary N) is 1. The number of para-hydroxylation sites is 1. The molecule has 0 aliphatic carbocycles. The zero-order valence-electron chi connectivity index (χ0n) is 16.7. The fourth-order valence-electron chi connectivity index (χ4n) is 4.37. The summed E-state index contributed by atoms with van der Waals surface area (Å²) in [5.41, 5.74) is 10.7. The Bertz CT molecular complexity index is 1180. The van der Waals surface area contributed by atoms with E-state index in [0.29, 0.717) is 0 Å². The van der Waals surface area contributed by atoms with Gasteiger partial charge in [-0.1, -0.05) is 29.8 Å². The molecule has 4 heteroatoms. The number of anilines is 1. The standard InChI is InChI=1S/C24H24N4/c1-15-10-11-22-21(12-15)23-13-16(2)26-28(23)24(25-22)20-14-17(3)27(18(20)4)19-8-6-5-7-9-19/h5-14,24-25H,1-4H3. The van der Waals surface area contributed by atoms with Crippen molar-refractivity contribution in [3.63, 3.8) is 0 Å². The van der Waals surface area contributed by atoms with Crippen LogP contribution < -0.4 is 5.32 Å². The van der Waals surface area contributed by atoms with Crippen LogP contribution in [-0.4, -0.2) is 14.3 Å². The minimum atomic E-state index is -0.0254. The van der Waals surface area contributed by atoms with Gasteiger partial charge in [0.1, 0.15) is 6.17 Å². The van der Waals surface area contributed by atoms with Crippen LogP contribution in [0.5, 0.6) is 0 Å². The second-order valence-corrected chi connectivity index (χ2v) is 7.71. The first kappa shape index (κ1) is 16.9. The predicted molar refractivity (Wildman–Crippen MR) is 114 cm³/mol. The molecule has 0 bridgehead atoms. The molecule has 0 fully saturated rings. The Kier molecular flexibility index (Phi) is 3.69. The van der Waals surface area contributed by atoms with Crippen molar-refractivity contribution in [1.82, 2.24) is 14.3 Å². The van der Waals surface area contributed by atoms with Gasteiger partial charge in [0.2, 0.25) is 0 Å². The highest BCUT2D eigenvalue weighted by molar-refractivity contribution is 5.79. The topological polar surface area (TPSA) is 34.8 Å². The Morgan fingerprint density at radius 3 is 2.46 bits per heavy atom. The number of benzene rings is 2. The number of hydrogen-bond acceptors (Lipinski definition) is 2. The number of aromatic nitrogens is 3. The minimum Gasteiger partial charge on any atom is -0.359 e. The monoisotopic (exact) mass is 368 g/mol. The molecule has 140 valence electrons. The molecule has 0 saturated carbocycles. The van der Waals surface area contributed by atoms with Gasteiger partial charge in [-0.05, 0) is 64.1 Å². The van der Waals surface area contributed by atoms with E-state index in [1.54, 1.807) is 0 Å². The fourth-order valence-corrected chi connectivity index (χ4v) is 4.37. The van der Waals surface area contributed by atoms with Crippen molar-refractivity contribution in [2.24, 2.45) is 0 Å². The van der Waals surface area contributed by atoms with Gasteiger partial charge in [0.05, 0.1) is 11.4 Å². The van der Waals surface area contributed by atoms with Crippen molar-refractivity contribution in [3.05, 3.63) is 88.9 Å². The van der Waals surface area contributed by atoms with Crippen molar-refractivity contribution in [2.75, 3.05) is 5.32 Å². The molecule has 1 aliphatic rings. The summed E-state index contributed by atoms with van der Waals surface area (Å²) < 4.78 is 4.45. The molecular formula is C24H24N4. The third-order valence-electron chi connectivity index (χ3n) is 5.62. The molecule has 4 aromatic rings. The van der Waals surface area contributed by atoms with E-state index in [-0.39, 0.29) is 6.17 Å². The number of hydrogen-bond donors (Lipinski definition) is 1. The van der Waals surface area contributed by atoms with E-state index < -0.39 is 0 Å². The summed E-state index contributed by atoms with van der Waals surface area (Å²) in [5, 5.41) is 8.57. The maximum Gasteiger partial charge on any atom is 0.149 e. The van der Waals surface area contributed by atoms with Gasteiger partial charge < -0.3 is 9.88 Å². The molecule has 0 saturated heterocycles. The van der Waals surface area contributed by atoms with Gasteiger partial charge in [-0.25, -0.2) is 4.68 Å². The smallest absolute Gasteiger partial charge is 0.149 e. The van der Waals surface area contributed by atoms with Crippen molar-refractivity contribution < 1.29 is 0 Å². The van der Waals surface area contributed by atoms with Crippen LogP contribution in [0.2, 0.25) is 0 Å². The largest absolute Gasteiger partial charge is 0.359 e. The van der Waals surface area contributed by atoms with Gasteiger partial charge in [-0.15, -0.1) is 0 Å². The third kappa shape index (κ3) is 2.48. The molecule has 3 heterocycles. The predicted octanol–water partition coefficient (Wildman–Crippen LogP) is 5.55. The second-order valence-electron chi connectivity index (χ2n) is 7.71. The van der Waals surface area contributed by atoms with E-state index in [1.165, 1.54) is 39.5 Å². The van der Waals surface area contributed by atoms with Gasteiger partial charge in [-0.3, -0.25) is 0 Å². The average Bonchev–Trinajstić information content (AvgIpc) is 3.21. The van der Waals surface area contributed by atoms with E-state index >= 15 is 0 Å². The summed E-state index contributed by atoms with van der Waals surface area (Å²) >= 11 is 0. The minimum absolute atomic E-state index is 0.0254. The molecule has 1 N–H and O–H groups in total. The van der Waals surface area contributed by atoms with E-state index in [4.69, 9.17) is 5.10 Å². The maximum absolute atomic E-state index is 4.84. The zero-order valence-corrected chi connectivity index (χ0v) is 16.7. The van der Waals surface area contributed by atoms with Crippen molar-refractivity contribution >= 4 is 5.69 Å². The van der Waals surface area contributed by atoms with Crippen LogP contribution in [0.25, 0.3) is 16.9 Å². The molecule has 0 spiro atoms. The van der Waals surface area contributed by atoms with Crippen molar-refractivity contribution in [3.8, 4) is 16.9 Å². The SMILES string of the molecule is Cc1ccc2c(c1)-c1cc(C)nn1C(c1cc(C)n(-c3ccccc3)c1C)N2. The molecular weight excluding hydrogens is 344 g/mol. The number of rotatable bonds is 2. The Morgan fingerprint density at radius 2 is 1.68 bits per heavy atom. The van der Waals surface area contributed by atoms with Gasteiger partial charge in [0.25, 0.3) is 0 Å². The average molecular weight is 368 g/mol. The molecule has 0 amide bonds. The third-order valence-corrected chi connectivity index (χ3v) is 5.62. The molecule has 2 aromatic carbocycles. The number of fused-ring (bicyclic) bond motifs is 3. The lowest BCUT2D eigenvalue weighted by Gasteiger charge is -2.29. The molecule has 1 unspecified atom stereocenters. The first-order valence-corrected chi connectivity index (χ1v) is 9.71. The van der Waals surface area contributed by atoms with Crippen molar-refractivity contribution in [2.45, 2.75) is 33.9 Å². The van der Waals surface area contributed by atoms with Crippen LogP contribution in [0, 0.1) is 27.7 Å². The molecule has 5 rings (SSSR count). The first-order valence-electron chi connectivity index (χ1n) is 9.71. The normalized spacial score (nSPS) is 15.1. The Labute approximate surface area is 165 Å². The molecule has 28 heavy (non-hydrogen) atoms. The van der Waals surface area contributed by atoms with Crippen LogP contribution in [-0.2, 0) is 0 Å². The highest BCUT2D eigenvalue weighted by Gasteiger charge is 2.29. The summed E-state index contributed by atoms with van der Waals surface area (Å²) in [5.74, 6) is 0. The number of aryl methyl sites for hydroxylation is 3. The van der Waals surface area contributed by atoms with Gasteiger partial charge in [0.15, 0.2) is 0 Å². The first-order chi connectivity index (χ1) is 13.5. The maximum atomic E-state index is 4.84. The molecule has 1 atom stereocenters. The highest BCUT2D eigenvalue weighted by Crippen LogP contribution is 2.40. The van der Waals surface area contributed by atoms with Crippen LogP contribution in [0.3, 0.4) is 0 Å². The van der Waals surface area contributed by atoms with Gasteiger partial charge in [0, 0.05) is 33.9 Å². The molecule has 0 radical (unpaired) electrons. The van der Waals surface area contributed by atoms with Gasteiger partial charge >= 0.3 is 0 Å². The summed E-state index contributed by atoms with van der Waals surface area (Å²) in [6, 6.07) is 21.6. The molecule has 2 aromatic heterocycles. The van der Waals surface area contributed by atoms with Crippen molar-refractivity contribution in [1.29, 1.82) is 0 Å². The molecule has 4 nitrogen and oxygen atoms in total. The van der Waals surface area contributed by atoms with E-state index in [1.807, 2.05) is 0 Å². The quantitative estimate of drug-likeness (QED) is 0.504. The van der Waals surface area contributed by atoms with Gasteiger partial charge in [-0.2, -0.15) is 5.10 Å².